The van der Waals surface area contributed by atoms with Gasteiger partial charge in [-0.25, -0.2) is 0 Å². The number of amides is 2. The Labute approximate surface area is 192 Å². The standard InChI is InChI=1S/C27H36N2O3/c1-26(2,3)20-12-13-23(22(17-20)27(4,5)6)32-18-24(30)28-21-11-9-10-19(16-21)25(31)29-14-7-8-15-29/h9-13,16-17H,7-8,14-15,18H2,1-6H3,(H,28,30). The van der Waals surface area contributed by atoms with Crippen molar-refractivity contribution < 1.29 is 14.3 Å². The Kier molecular flexibility index (Phi) is 6.97. The summed E-state index contributed by atoms with van der Waals surface area (Å²) in [7, 11) is 0. The molecule has 1 heterocycles. The molecule has 5 heteroatoms. The first kappa shape index (κ1) is 23.8. The zero-order chi connectivity index (χ0) is 23.5. The van der Waals surface area contributed by atoms with E-state index in [2.05, 4.69) is 59.0 Å². The molecular formula is C27H36N2O3. The Morgan fingerprint density at radius 2 is 1.62 bits per heavy atom. The van der Waals surface area contributed by atoms with Gasteiger partial charge in [0, 0.05) is 24.3 Å². The van der Waals surface area contributed by atoms with Crippen molar-refractivity contribution in [1.82, 2.24) is 4.90 Å². The van der Waals surface area contributed by atoms with Gasteiger partial charge in [0.15, 0.2) is 6.61 Å². The molecule has 1 fully saturated rings. The van der Waals surface area contributed by atoms with Crippen molar-refractivity contribution in [2.45, 2.75) is 65.2 Å². The summed E-state index contributed by atoms with van der Waals surface area (Å²) in [5, 5.41) is 2.86. The molecule has 1 N–H and O–H groups in total. The molecule has 5 nitrogen and oxygen atoms in total. The highest BCUT2D eigenvalue weighted by molar-refractivity contribution is 5.97. The van der Waals surface area contributed by atoms with E-state index in [1.165, 1.54) is 5.56 Å². The van der Waals surface area contributed by atoms with Gasteiger partial charge >= 0.3 is 0 Å². The van der Waals surface area contributed by atoms with Crippen LogP contribution in [0.5, 0.6) is 5.75 Å². The van der Waals surface area contributed by atoms with Crippen molar-refractivity contribution in [3.05, 3.63) is 59.2 Å². The van der Waals surface area contributed by atoms with Crippen LogP contribution in [0.3, 0.4) is 0 Å². The number of anilines is 1. The number of nitrogens with zero attached hydrogens (tertiary/aromatic N) is 1. The second-order valence-corrected chi connectivity index (χ2v) is 10.6. The summed E-state index contributed by atoms with van der Waals surface area (Å²) in [6.45, 7) is 14.5. The molecule has 2 aromatic rings. The van der Waals surface area contributed by atoms with Crippen LogP contribution < -0.4 is 10.1 Å². The monoisotopic (exact) mass is 436 g/mol. The quantitative estimate of drug-likeness (QED) is 0.670. The van der Waals surface area contributed by atoms with E-state index < -0.39 is 0 Å². The maximum atomic E-state index is 12.6. The smallest absolute Gasteiger partial charge is 0.262 e. The van der Waals surface area contributed by atoms with Crippen LogP contribution in [-0.4, -0.2) is 36.4 Å². The van der Waals surface area contributed by atoms with Gasteiger partial charge in [0.2, 0.25) is 0 Å². The fourth-order valence-electron chi connectivity index (χ4n) is 3.88. The van der Waals surface area contributed by atoms with E-state index in [-0.39, 0.29) is 29.3 Å². The molecule has 0 radical (unpaired) electrons. The van der Waals surface area contributed by atoms with Crippen LogP contribution in [0, 0.1) is 0 Å². The average Bonchev–Trinajstić information content (AvgIpc) is 3.25. The molecule has 2 aromatic carbocycles. The Morgan fingerprint density at radius 1 is 0.938 bits per heavy atom. The first-order valence-electron chi connectivity index (χ1n) is 11.4. The summed E-state index contributed by atoms with van der Waals surface area (Å²) in [6, 6.07) is 13.3. The Balaban J connectivity index is 1.67. The molecule has 0 atom stereocenters. The summed E-state index contributed by atoms with van der Waals surface area (Å²) >= 11 is 0. The maximum Gasteiger partial charge on any atom is 0.262 e. The molecule has 0 spiro atoms. The molecule has 1 saturated heterocycles. The van der Waals surface area contributed by atoms with Crippen LogP contribution in [0.1, 0.15) is 75.9 Å². The molecule has 0 aromatic heterocycles. The third kappa shape index (κ3) is 5.90. The largest absolute Gasteiger partial charge is 0.483 e. The highest BCUT2D eigenvalue weighted by atomic mass is 16.5. The maximum absolute atomic E-state index is 12.6. The van der Waals surface area contributed by atoms with Crippen molar-refractivity contribution in [3.63, 3.8) is 0 Å². The van der Waals surface area contributed by atoms with E-state index in [0.29, 0.717) is 11.3 Å². The zero-order valence-corrected chi connectivity index (χ0v) is 20.2. The average molecular weight is 437 g/mol. The molecule has 2 amide bonds. The number of hydrogen-bond acceptors (Lipinski definition) is 3. The molecule has 1 aliphatic heterocycles. The lowest BCUT2D eigenvalue weighted by molar-refractivity contribution is -0.118. The number of carbonyl (C=O) groups is 2. The third-order valence-electron chi connectivity index (χ3n) is 5.80. The van der Waals surface area contributed by atoms with Crippen molar-refractivity contribution in [1.29, 1.82) is 0 Å². The third-order valence-corrected chi connectivity index (χ3v) is 5.80. The topological polar surface area (TPSA) is 58.6 Å². The van der Waals surface area contributed by atoms with Crippen molar-refractivity contribution >= 4 is 17.5 Å². The Hall–Kier alpha value is -2.82. The highest BCUT2D eigenvalue weighted by Crippen LogP contribution is 2.35. The number of benzene rings is 2. The van der Waals surface area contributed by atoms with Gasteiger partial charge in [-0.05, 0) is 59.1 Å². The van der Waals surface area contributed by atoms with E-state index >= 15 is 0 Å². The molecule has 1 aliphatic rings. The first-order chi connectivity index (χ1) is 14.9. The number of hydrogen-bond donors (Lipinski definition) is 1. The second kappa shape index (κ2) is 9.35. The number of carbonyl (C=O) groups excluding carboxylic acids is 2. The van der Waals surface area contributed by atoms with Crippen molar-refractivity contribution in [2.75, 3.05) is 25.0 Å². The molecule has 3 rings (SSSR count). The van der Waals surface area contributed by atoms with Gasteiger partial charge in [-0.1, -0.05) is 59.7 Å². The van der Waals surface area contributed by atoms with E-state index in [1.54, 1.807) is 24.3 Å². The highest BCUT2D eigenvalue weighted by Gasteiger charge is 2.24. The minimum Gasteiger partial charge on any atom is -0.483 e. The lowest BCUT2D eigenvalue weighted by Gasteiger charge is -2.27. The summed E-state index contributed by atoms with van der Waals surface area (Å²) in [4.78, 5) is 27.1. The fraction of sp³-hybridized carbons (Fsp3) is 0.481. The summed E-state index contributed by atoms with van der Waals surface area (Å²) in [5.74, 6) is 0.484. The lowest BCUT2D eigenvalue weighted by atomic mass is 9.80. The predicted molar refractivity (Wildman–Crippen MR) is 130 cm³/mol. The molecular weight excluding hydrogens is 400 g/mol. The van der Waals surface area contributed by atoms with Gasteiger partial charge in [-0.2, -0.15) is 0 Å². The van der Waals surface area contributed by atoms with E-state index in [0.717, 1.165) is 37.2 Å². The predicted octanol–water partition coefficient (Wildman–Crippen LogP) is 5.54. The van der Waals surface area contributed by atoms with Gasteiger partial charge in [0.05, 0.1) is 0 Å². The van der Waals surface area contributed by atoms with Gasteiger partial charge < -0.3 is 15.0 Å². The SMILES string of the molecule is CC(C)(C)c1ccc(OCC(=O)Nc2cccc(C(=O)N3CCCC3)c2)c(C(C)(C)C)c1. The Morgan fingerprint density at radius 3 is 2.25 bits per heavy atom. The first-order valence-corrected chi connectivity index (χ1v) is 11.4. The summed E-state index contributed by atoms with van der Waals surface area (Å²) in [6.07, 6.45) is 2.10. The van der Waals surface area contributed by atoms with Crippen molar-refractivity contribution in [2.24, 2.45) is 0 Å². The van der Waals surface area contributed by atoms with Gasteiger partial charge in [-0.15, -0.1) is 0 Å². The van der Waals surface area contributed by atoms with Crippen LogP contribution in [0.2, 0.25) is 0 Å². The molecule has 0 unspecified atom stereocenters. The fourth-order valence-corrected chi connectivity index (χ4v) is 3.88. The van der Waals surface area contributed by atoms with Gasteiger partial charge in [-0.3, -0.25) is 9.59 Å². The number of rotatable bonds is 5. The minimum atomic E-state index is -0.254. The molecule has 0 aliphatic carbocycles. The normalized spacial score (nSPS) is 14.4. The molecule has 0 bridgehead atoms. The molecule has 32 heavy (non-hydrogen) atoms. The number of ether oxygens (including phenoxy) is 1. The summed E-state index contributed by atoms with van der Waals surface area (Å²) in [5.41, 5.74) is 3.43. The number of nitrogens with one attached hydrogen (secondary N) is 1. The zero-order valence-electron chi connectivity index (χ0n) is 20.2. The van der Waals surface area contributed by atoms with Gasteiger partial charge in [0.1, 0.15) is 5.75 Å². The van der Waals surface area contributed by atoms with E-state index in [4.69, 9.17) is 4.74 Å². The number of likely N-dealkylation sites (tertiary alicyclic amines) is 1. The van der Waals surface area contributed by atoms with Crippen LogP contribution in [0.4, 0.5) is 5.69 Å². The molecule has 0 saturated carbocycles. The van der Waals surface area contributed by atoms with Crippen LogP contribution in [-0.2, 0) is 15.6 Å². The van der Waals surface area contributed by atoms with Crippen molar-refractivity contribution in [3.8, 4) is 5.75 Å². The van der Waals surface area contributed by atoms with Crippen LogP contribution in [0.25, 0.3) is 0 Å². The van der Waals surface area contributed by atoms with E-state index in [9.17, 15) is 9.59 Å². The lowest BCUT2D eigenvalue weighted by Crippen LogP contribution is -2.27. The van der Waals surface area contributed by atoms with Gasteiger partial charge in [0.25, 0.3) is 11.8 Å². The van der Waals surface area contributed by atoms with Crippen LogP contribution in [0.15, 0.2) is 42.5 Å². The second-order valence-electron chi connectivity index (χ2n) is 10.6. The molecule has 172 valence electrons. The van der Waals surface area contributed by atoms with E-state index in [1.807, 2.05) is 11.0 Å². The summed E-state index contributed by atoms with van der Waals surface area (Å²) < 4.78 is 5.94. The van der Waals surface area contributed by atoms with Crippen LogP contribution >= 0.6 is 0 Å². The minimum absolute atomic E-state index is 0.0172. The Bertz CT molecular complexity index is 977.